The molecule has 0 bridgehead atoms. The average molecular weight is 455 g/mol. The SMILES string of the molecule is CS(=O)(=O)c1ccc2nc(N(Cc3ccccc3)C(=O)/C=C/c3cccs3)sc2c1. The van der Waals surface area contributed by atoms with E-state index in [1.165, 1.54) is 17.6 Å². The van der Waals surface area contributed by atoms with Gasteiger partial charge in [-0.1, -0.05) is 47.7 Å². The van der Waals surface area contributed by atoms with Gasteiger partial charge in [0.1, 0.15) is 0 Å². The summed E-state index contributed by atoms with van der Waals surface area (Å²) in [5, 5.41) is 2.49. The molecule has 4 rings (SSSR count). The third kappa shape index (κ3) is 4.67. The first kappa shape index (κ1) is 20.5. The van der Waals surface area contributed by atoms with E-state index in [4.69, 9.17) is 0 Å². The van der Waals surface area contributed by atoms with Crippen LogP contribution in [0.25, 0.3) is 16.3 Å². The van der Waals surface area contributed by atoms with Crippen molar-refractivity contribution in [2.24, 2.45) is 0 Å². The molecule has 8 heteroatoms. The monoisotopic (exact) mass is 454 g/mol. The third-order valence-corrected chi connectivity index (χ3v) is 7.38. The van der Waals surface area contributed by atoms with Crippen molar-refractivity contribution in [1.29, 1.82) is 0 Å². The molecule has 0 aliphatic heterocycles. The van der Waals surface area contributed by atoms with Gasteiger partial charge in [0, 0.05) is 17.2 Å². The van der Waals surface area contributed by atoms with Gasteiger partial charge in [0.15, 0.2) is 15.0 Å². The van der Waals surface area contributed by atoms with Crippen LogP contribution in [0.5, 0.6) is 0 Å². The Labute approximate surface area is 182 Å². The predicted octanol–water partition coefficient (Wildman–Crippen LogP) is 5.01. The fourth-order valence-electron chi connectivity index (χ4n) is 2.87. The highest BCUT2D eigenvalue weighted by molar-refractivity contribution is 7.90. The third-order valence-electron chi connectivity index (χ3n) is 4.39. The van der Waals surface area contributed by atoms with Crippen LogP contribution in [0.1, 0.15) is 10.4 Å². The zero-order valence-electron chi connectivity index (χ0n) is 16.1. The second kappa shape index (κ2) is 8.51. The minimum atomic E-state index is -3.32. The Morgan fingerprint density at radius 3 is 2.60 bits per heavy atom. The number of carbonyl (C=O) groups is 1. The smallest absolute Gasteiger partial charge is 0.253 e. The van der Waals surface area contributed by atoms with Gasteiger partial charge in [-0.05, 0) is 41.3 Å². The van der Waals surface area contributed by atoms with Gasteiger partial charge in [-0.2, -0.15) is 0 Å². The van der Waals surface area contributed by atoms with E-state index in [1.54, 1.807) is 46.6 Å². The number of carbonyl (C=O) groups excluding carboxylic acids is 1. The standard InChI is InChI=1S/C22H18N2O3S3/c1-30(26,27)18-10-11-19-20(14-18)29-22(23-19)24(15-16-6-3-2-4-7-16)21(25)12-9-17-8-5-13-28-17/h2-14H,15H2,1H3/b12-9+. The summed E-state index contributed by atoms with van der Waals surface area (Å²) in [5.41, 5.74) is 1.64. The van der Waals surface area contributed by atoms with Gasteiger partial charge in [-0.25, -0.2) is 13.4 Å². The molecule has 0 saturated carbocycles. The van der Waals surface area contributed by atoms with Crippen LogP contribution >= 0.6 is 22.7 Å². The van der Waals surface area contributed by atoms with E-state index < -0.39 is 9.84 Å². The maximum absolute atomic E-state index is 13.1. The van der Waals surface area contributed by atoms with E-state index >= 15 is 0 Å². The largest absolute Gasteiger partial charge is 0.280 e. The molecule has 0 N–H and O–H groups in total. The molecule has 2 aromatic heterocycles. The molecule has 0 aliphatic rings. The quantitative estimate of drug-likeness (QED) is 0.384. The lowest BCUT2D eigenvalue weighted by Gasteiger charge is -2.18. The minimum Gasteiger partial charge on any atom is -0.280 e. The highest BCUT2D eigenvalue weighted by atomic mass is 32.2. The first-order valence-corrected chi connectivity index (χ1v) is 12.7. The number of nitrogens with zero attached hydrogens (tertiary/aromatic N) is 2. The van der Waals surface area contributed by atoms with E-state index in [-0.39, 0.29) is 10.8 Å². The van der Waals surface area contributed by atoms with Crippen LogP contribution in [-0.4, -0.2) is 25.6 Å². The van der Waals surface area contributed by atoms with E-state index in [2.05, 4.69) is 4.98 Å². The van der Waals surface area contributed by atoms with Gasteiger partial charge in [-0.15, -0.1) is 11.3 Å². The lowest BCUT2D eigenvalue weighted by Crippen LogP contribution is -2.28. The van der Waals surface area contributed by atoms with Crippen molar-refractivity contribution in [3.63, 3.8) is 0 Å². The van der Waals surface area contributed by atoms with Gasteiger partial charge in [0.2, 0.25) is 0 Å². The molecule has 5 nitrogen and oxygen atoms in total. The van der Waals surface area contributed by atoms with Gasteiger partial charge in [0.05, 0.1) is 21.7 Å². The summed E-state index contributed by atoms with van der Waals surface area (Å²) in [6.45, 7) is 0.368. The predicted molar refractivity (Wildman–Crippen MR) is 124 cm³/mol. The molecule has 2 aromatic carbocycles. The normalized spacial score (nSPS) is 11.9. The zero-order chi connectivity index (χ0) is 21.1. The Balaban J connectivity index is 1.71. The lowest BCUT2D eigenvalue weighted by molar-refractivity contribution is -0.114. The maximum atomic E-state index is 13.1. The second-order valence-corrected chi connectivity index (χ2v) is 10.7. The zero-order valence-corrected chi connectivity index (χ0v) is 18.5. The van der Waals surface area contributed by atoms with Gasteiger partial charge in [0.25, 0.3) is 5.91 Å². The van der Waals surface area contributed by atoms with Crippen LogP contribution in [0.15, 0.2) is 77.0 Å². The van der Waals surface area contributed by atoms with Crippen LogP contribution in [-0.2, 0) is 21.2 Å². The molecule has 0 aliphatic carbocycles. The number of aromatic nitrogens is 1. The molecule has 30 heavy (non-hydrogen) atoms. The van der Waals surface area contributed by atoms with Crippen LogP contribution in [0.3, 0.4) is 0 Å². The number of amides is 1. The van der Waals surface area contributed by atoms with Crippen molar-refractivity contribution in [3.8, 4) is 0 Å². The molecule has 1 amide bonds. The fourth-order valence-corrected chi connectivity index (χ4v) is 5.22. The number of benzene rings is 2. The second-order valence-electron chi connectivity index (χ2n) is 6.66. The fraction of sp³-hybridized carbons (Fsp3) is 0.0909. The first-order chi connectivity index (χ1) is 14.4. The van der Waals surface area contributed by atoms with Crippen molar-refractivity contribution in [2.45, 2.75) is 11.4 Å². The van der Waals surface area contributed by atoms with E-state index in [1.807, 2.05) is 47.8 Å². The van der Waals surface area contributed by atoms with Crippen molar-refractivity contribution in [2.75, 3.05) is 11.2 Å². The molecule has 0 saturated heterocycles. The van der Waals surface area contributed by atoms with Gasteiger partial charge < -0.3 is 0 Å². The number of anilines is 1. The molecule has 152 valence electrons. The molecule has 4 aromatic rings. The highest BCUT2D eigenvalue weighted by Crippen LogP contribution is 2.32. The summed E-state index contributed by atoms with van der Waals surface area (Å²) in [7, 11) is -3.32. The van der Waals surface area contributed by atoms with Crippen molar-refractivity contribution in [3.05, 3.63) is 82.6 Å². The summed E-state index contributed by atoms with van der Waals surface area (Å²) in [6.07, 6.45) is 4.51. The van der Waals surface area contributed by atoms with E-state index in [0.29, 0.717) is 17.2 Å². The molecular weight excluding hydrogens is 436 g/mol. The Kier molecular flexibility index (Phi) is 5.80. The van der Waals surface area contributed by atoms with Crippen LogP contribution in [0, 0.1) is 0 Å². The lowest BCUT2D eigenvalue weighted by atomic mass is 10.2. The molecular formula is C22H18N2O3S3. The van der Waals surface area contributed by atoms with E-state index in [0.717, 1.165) is 15.1 Å². The van der Waals surface area contributed by atoms with E-state index in [9.17, 15) is 13.2 Å². The minimum absolute atomic E-state index is 0.186. The maximum Gasteiger partial charge on any atom is 0.253 e. The first-order valence-electron chi connectivity index (χ1n) is 9.08. The summed E-state index contributed by atoms with van der Waals surface area (Å²) in [6, 6.07) is 18.4. The Morgan fingerprint density at radius 2 is 1.90 bits per heavy atom. The Morgan fingerprint density at radius 1 is 1.10 bits per heavy atom. The van der Waals surface area contributed by atoms with Crippen LogP contribution < -0.4 is 4.90 Å². The number of thiophene rings is 1. The summed E-state index contributed by atoms with van der Waals surface area (Å²) < 4.78 is 24.5. The highest BCUT2D eigenvalue weighted by Gasteiger charge is 2.19. The molecule has 0 atom stereocenters. The Bertz CT molecular complexity index is 1310. The van der Waals surface area contributed by atoms with Crippen molar-refractivity contribution in [1.82, 2.24) is 4.98 Å². The summed E-state index contributed by atoms with van der Waals surface area (Å²) >= 11 is 2.86. The molecule has 0 radical (unpaired) electrons. The van der Waals surface area contributed by atoms with Crippen molar-refractivity contribution >= 4 is 59.8 Å². The molecule has 0 spiro atoms. The number of hydrogen-bond acceptors (Lipinski definition) is 6. The van der Waals surface area contributed by atoms with Gasteiger partial charge >= 0.3 is 0 Å². The average Bonchev–Trinajstić information content (AvgIpc) is 3.39. The summed E-state index contributed by atoms with van der Waals surface area (Å²) in [5.74, 6) is -0.186. The molecule has 2 heterocycles. The number of sulfone groups is 1. The van der Waals surface area contributed by atoms with Crippen LogP contribution in [0.4, 0.5) is 5.13 Å². The number of fused-ring (bicyclic) bond motifs is 1. The van der Waals surface area contributed by atoms with Crippen LogP contribution in [0.2, 0.25) is 0 Å². The summed E-state index contributed by atoms with van der Waals surface area (Å²) in [4.78, 5) is 20.5. The Hall–Kier alpha value is -2.81. The van der Waals surface area contributed by atoms with Gasteiger partial charge in [-0.3, -0.25) is 9.69 Å². The number of hydrogen-bond donors (Lipinski definition) is 0. The topological polar surface area (TPSA) is 67.3 Å². The number of rotatable bonds is 6. The molecule has 0 unspecified atom stereocenters. The number of thiazole rings is 1. The molecule has 0 fully saturated rings. The van der Waals surface area contributed by atoms with Crippen molar-refractivity contribution < 1.29 is 13.2 Å².